The van der Waals surface area contributed by atoms with Crippen LogP contribution in [0.4, 0.5) is 4.39 Å². The van der Waals surface area contributed by atoms with E-state index in [1.807, 2.05) is 0 Å². The van der Waals surface area contributed by atoms with Gasteiger partial charge in [-0.15, -0.1) is 0 Å². The second-order valence-electron chi connectivity index (χ2n) is 6.04. The van der Waals surface area contributed by atoms with Crippen LogP contribution in [0.5, 0.6) is 0 Å². The van der Waals surface area contributed by atoms with Gasteiger partial charge in [-0.3, -0.25) is 5.10 Å². The van der Waals surface area contributed by atoms with Gasteiger partial charge in [-0.25, -0.2) is 4.39 Å². The third-order valence-corrected chi connectivity index (χ3v) is 3.43. The number of nitrogens with zero attached hydrogens (tertiary/aromatic N) is 2. The zero-order valence-electron chi connectivity index (χ0n) is 13.1. The molecule has 0 saturated carbocycles. The van der Waals surface area contributed by atoms with Crippen molar-refractivity contribution >= 4 is 0 Å². The van der Waals surface area contributed by atoms with Crippen molar-refractivity contribution in [2.45, 2.75) is 26.7 Å². The number of aromatic nitrogens is 2. The van der Waals surface area contributed by atoms with Gasteiger partial charge < -0.3 is 4.90 Å². The van der Waals surface area contributed by atoms with Crippen LogP contribution in [0.3, 0.4) is 0 Å². The number of benzene rings is 1. The molecule has 0 aliphatic heterocycles. The summed E-state index contributed by atoms with van der Waals surface area (Å²) in [6.45, 7) is 6.69. The van der Waals surface area contributed by atoms with Crippen LogP contribution in [0.1, 0.15) is 26.0 Å². The average molecular weight is 289 g/mol. The zero-order valence-corrected chi connectivity index (χ0v) is 13.1. The second kappa shape index (κ2) is 7.36. The van der Waals surface area contributed by atoms with E-state index in [-0.39, 0.29) is 5.82 Å². The van der Waals surface area contributed by atoms with Crippen molar-refractivity contribution in [2.24, 2.45) is 5.92 Å². The highest BCUT2D eigenvalue weighted by Gasteiger charge is 2.06. The molecule has 0 amide bonds. The van der Waals surface area contributed by atoms with Crippen LogP contribution in [-0.4, -0.2) is 35.2 Å². The Morgan fingerprint density at radius 3 is 2.62 bits per heavy atom. The lowest BCUT2D eigenvalue weighted by molar-refractivity contribution is 0.292. The third kappa shape index (κ3) is 4.97. The van der Waals surface area contributed by atoms with E-state index >= 15 is 0 Å². The number of halogens is 1. The molecule has 0 unspecified atom stereocenters. The first-order valence-corrected chi connectivity index (χ1v) is 7.53. The standard InChI is InChI=1S/C17H24FN3/c1-13(2)12-21(3)10-4-5-16-11-17(20-19-16)14-6-8-15(18)9-7-14/h6-9,11,13H,4-5,10,12H2,1-3H3,(H,19,20). The molecule has 1 aromatic heterocycles. The minimum atomic E-state index is -0.220. The minimum absolute atomic E-state index is 0.220. The molecule has 0 aliphatic rings. The number of nitrogens with one attached hydrogen (secondary N) is 1. The van der Waals surface area contributed by atoms with Crippen molar-refractivity contribution in [1.82, 2.24) is 15.1 Å². The summed E-state index contributed by atoms with van der Waals surface area (Å²) in [7, 11) is 2.16. The summed E-state index contributed by atoms with van der Waals surface area (Å²) in [4.78, 5) is 2.36. The van der Waals surface area contributed by atoms with Gasteiger partial charge in [-0.05, 0) is 62.7 Å². The maximum atomic E-state index is 12.9. The minimum Gasteiger partial charge on any atom is -0.306 e. The van der Waals surface area contributed by atoms with E-state index in [0.29, 0.717) is 5.92 Å². The fraction of sp³-hybridized carbons (Fsp3) is 0.471. The van der Waals surface area contributed by atoms with Gasteiger partial charge in [0.15, 0.2) is 0 Å². The maximum absolute atomic E-state index is 12.9. The molecule has 0 spiro atoms. The number of rotatable bonds is 7. The summed E-state index contributed by atoms with van der Waals surface area (Å²) in [6, 6.07) is 8.49. The van der Waals surface area contributed by atoms with Crippen molar-refractivity contribution in [1.29, 1.82) is 0 Å². The van der Waals surface area contributed by atoms with Crippen LogP contribution < -0.4 is 0 Å². The monoisotopic (exact) mass is 289 g/mol. The van der Waals surface area contributed by atoms with Crippen LogP contribution in [0.15, 0.2) is 30.3 Å². The van der Waals surface area contributed by atoms with E-state index in [4.69, 9.17) is 0 Å². The molecule has 1 heterocycles. The van der Waals surface area contributed by atoms with E-state index in [1.54, 1.807) is 12.1 Å². The Morgan fingerprint density at radius 1 is 1.24 bits per heavy atom. The quantitative estimate of drug-likeness (QED) is 0.842. The molecule has 0 fully saturated rings. The van der Waals surface area contributed by atoms with Gasteiger partial charge in [0.1, 0.15) is 5.82 Å². The molecule has 0 radical (unpaired) electrons. The van der Waals surface area contributed by atoms with E-state index in [1.165, 1.54) is 12.1 Å². The molecule has 1 aromatic carbocycles. The summed E-state index contributed by atoms with van der Waals surface area (Å²) < 4.78 is 12.9. The zero-order chi connectivity index (χ0) is 15.2. The first kappa shape index (κ1) is 15.7. The summed E-state index contributed by atoms with van der Waals surface area (Å²) in [6.07, 6.45) is 2.09. The van der Waals surface area contributed by atoms with Crippen LogP contribution in [0.2, 0.25) is 0 Å². The number of H-pyrrole nitrogens is 1. The molecule has 2 rings (SSSR count). The molecular weight excluding hydrogens is 265 g/mol. The molecule has 0 aliphatic carbocycles. The topological polar surface area (TPSA) is 31.9 Å². The first-order chi connectivity index (χ1) is 10.0. The van der Waals surface area contributed by atoms with E-state index in [2.05, 4.69) is 42.1 Å². The third-order valence-electron chi connectivity index (χ3n) is 3.43. The molecule has 21 heavy (non-hydrogen) atoms. The van der Waals surface area contributed by atoms with Crippen molar-refractivity contribution in [3.8, 4) is 11.3 Å². The molecule has 0 saturated heterocycles. The maximum Gasteiger partial charge on any atom is 0.123 e. The molecule has 114 valence electrons. The Kier molecular flexibility index (Phi) is 5.51. The fourth-order valence-corrected chi connectivity index (χ4v) is 2.51. The number of hydrogen-bond donors (Lipinski definition) is 1. The lowest BCUT2D eigenvalue weighted by Gasteiger charge is -2.18. The van der Waals surface area contributed by atoms with E-state index in [9.17, 15) is 4.39 Å². The van der Waals surface area contributed by atoms with Crippen molar-refractivity contribution in [3.63, 3.8) is 0 Å². The SMILES string of the molecule is CC(C)CN(C)CCCc1cc(-c2ccc(F)cc2)n[nH]1. The van der Waals surface area contributed by atoms with Gasteiger partial charge in [-0.2, -0.15) is 5.10 Å². The summed E-state index contributed by atoms with van der Waals surface area (Å²) >= 11 is 0. The lowest BCUT2D eigenvalue weighted by atomic mass is 10.1. The Morgan fingerprint density at radius 2 is 1.95 bits per heavy atom. The molecule has 3 nitrogen and oxygen atoms in total. The average Bonchev–Trinajstić information content (AvgIpc) is 2.87. The van der Waals surface area contributed by atoms with Crippen LogP contribution >= 0.6 is 0 Å². The Balaban J connectivity index is 1.84. The predicted octanol–water partition coefficient (Wildman–Crippen LogP) is 3.74. The van der Waals surface area contributed by atoms with Crippen molar-refractivity contribution in [3.05, 3.63) is 41.8 Å². The summed E-state index contributed by atoms with van der Waals surface area (Å²) in [5.41, 5.74) is 2.95. The van der Waals surface area contributed by atoms with Gasteiger partial charge in [0, 0.05) is 17.8 Å². The van der Waals surface area contributed by atoms with Gasteiger partial charge >= 0.3 is 0 Å². The van der Waals surface area contributed by atoms with Crippen molar-refractivity contribution in [2.75, 3.05) is 20.1 Å². The Hall–Kier alpha value is -1.68. The number of hydrogen-bond acceptors (Lipinski definition) is 2. The van der Waals surface area contributed by atoms with E-state index in [0.717, 1.165) is 42.9 Å². The molecule has 2 aromatic rings. The van der Waals surface area contributed by atoms with Crippen molar-refractivity contribution < 1.29 is 4.39 Å². The Labute approximate surface area is 126 Å². The molecule has 1 N–H and O–H groups in total. The highest BCUT2D eigenvalue weighted by molar-refractivity contribution is 5.58. The molecule has 4 heteroatoms. The first-order valence-electron chi connectivity index (χ1n) is 7.53. The molecule has 0 bridgehead atoms. The van der Waals surface area contributed by atoms with Crippen LogP contribution in [0.25, 0.3) is 11.3 Å². The van der Waals surface area contributed by atoms with Crippen LogP contribution in [-0.2, 0) is 6.42 Å². The van der Waals surface area contributed by atoms with Gasteiger partial charge in [0.2, 0.25) is 0 Å². The number of aryl methyl sites for hydroxylation is 1. The molecular formula is C17H24FN3. The predicted molar refractivity (Wildman–Crippen MR) is 84.6 cm³/mol. The summed E-state index contributed by atoms with van der Waals surface area (Å²) in [5, 5.41) is 7.37. The largest absolute Gasteiger partial charge is 0.306 e. The van der Waals surface area contributed by atoms with Gasteiger partial charge in [0.25, 0.3) is 0 Å². The van der Waals surface area contributed by atoms with Crippen LogP contribution in [0, 0.1) is 11.7 Å². The lowest BCUT2D eigenvalue weighted by Crippen LogP contribution is -2.24. The second-order valence-corrected chi connectivity index (χ2v) is 6.04. The fourth-order valence-electron chi connectivity index (χ4n) is 2.51. The normalized spacial score (nSPS) is 11.5. The molecule has 0 atom stereocenters. The summed E-state index contributed by atoms with van der Waals surface area (Å²) in [5.74, 6) is 0.481. The van der Waals surface area contributed by atoms with E-state index < -0.39 is 0 Å². The number of aromatic amines is 1. The highest BCUT2D eigenvalue weighted by Crippen LogP contribution is 2.18. The van der Waals surface area contributed by atoms with Gasteiger partial charge in [-0.1, -0.05) is 13.8 Å². The van der Waals surface area contributed by atoms with Gasteiger partial charge in [0.05, 0.1) is 5.69 Å². The smallest absolute Gasteiger partial charge is 0.123 e. The Bertz CT molecular complexity index is 545. The highest BCUT2D eigenvalue weighted by atomic mass is 19.1.